The Balaban J connectivity index is 0.000000154. The molecular weight excluding hydrogens is 540 g/mol. The second-order valence-corrected chi connectivity index (χ2v) is 12.4. The van der Waals surface area contributed by atoms with Crippen LogP contribution < -0.4 is 0 Å². The van der Waals surface area contributed by atoms with Crippen LogP contribution in [-0.2, 0) is 38.5 Å². The standard InChI is InChI=1S/3C15H18/c1-4-12-7-8-13(5-2)15-10-11(3)6-9-14(12)15;1-4-12-6-7-14-8-11(3)13(5-2)10-15(14)9-12;1-4-12-10-11(3)13(5-2)15-9-7-6-8-14(12)15/h3*6-10H,4-5H2,1-3H3. The molecule has 0 saturated carbocycles. The first-order valence-corrected chi connectivity index (χ1v) is 17.3. The first-order valence-electron chi connectivity index (χ1n) is 17.3. The number of aryl methyl sites for hydroxylation is 9. The van der Waals surface area contributed by atoms with Crippen molar-refractivity contribution in [3.8, 4) is 0 Å². The van der Waals surface area contributed by atoms with E-state index in [4.69, 9.17) is 0 Å². The van der Waals surface area contributed by atoms with E-state index in [-0.39, 0.29) is 0 Å². The van der Waals surface area contributed by atoms with E-state index in [1.165, 1.54) is 82.4 Å². The molecule has 0 heterocycles. The minimum Gasteiger partial charge on any atom is -0.0616 e. The van der Waals surface area contributed by atoms with Crippen LogP contribution in [0, 0.1) is 20.8 Å². The quantitative estimate of drug-likeness (QED) is 0.180. The van der Waals surface area contributed by atoms with E-state index in [1.54, 1.807) is 0 Å². The molecule has 6 rings (SSSR count). The zero-order valence-electron chi connectivity index (χ0n) is 29.4. The van der Waals surface area contributed by atoms with E-state index in [0.29, 0.717) is 0 Å². The van der Waals surface area contributed by atoms with E-state index in [9.17, 15) is 0 Å². The average Bonchev–Trinajstić information content (AvgIpc) is 3.07. The summed E-state index contributed by atoms with van der Waals surface area (Å²) in [5.74, 6) is 0. The number of rotatable bonds is 6. The van der Waals surface area contributed by atoms with E-state index >= 15 is 0 Å². The summed E-state index contributed by atoms with van der Waals surface area (Å²) in [6, 6.07) is 33.9. The lowest BCUT2D eigenvalue weighted by Gasteiger charge is -2.12. The Morgan fingerprint density at radius 1 is 0.378 bits per heavy atom. The van der Waals surface area contributed by atoms with Crippen molar-refractivity contribution in [2.24, 2.45) is 0 Å². The van der Waals surface area contributed by atoms with Gasteiger partial charge in [-0.15, -0.1) is 0 Å². The molecule has 0 nitrogen and oxygen atoms in total. The third-order valence-electron chi connectivity index (χ3n) is 9.46. The average molecular weight is 595 g/mol. The van der Waals surface area contributed by atoms with Gasteiger partial charge in [0.1, 0.15) is 0 Å². The molecule has 0 aliphatic rings. The molecule has 0 aliphatic heterocycles. The highest BCUT2D eigenvalue weighted by Crippen LogP contribution is 2.27. The van der Waals surface area contributed by atoms with Crippen LogP contribution in [0.3, 0.4) is 0 Å². The zero-order chi connectivity index (χ0) is 32.5. The van der Waals surface area contributed by atoms with Gasteiger partial charge in [0.2, 0.25) is 0 Å². The molecule has 0 fully saturated rings. The third kappa shape index (κ3) is 7.85. The van der Waals surface area contributed by atoms with Crippen molar-refractivity contribution in [3.63, 3.8) is 0 Å². The minimum absolute atomic E-state index is 1.11. The predicted octanol–water partition coefficient (Wildman–Crippen LogP) is 12.8. The highest BCUT2D eigenvalue weighted by molar-refractivity contribution is 5.90. The van der Waals surface area contributed by atoms with Crippen molar-refractivity contribution in [1.82, 2.24) is 0 Å². The van der Waals surface area contributed by atoms with Crippen LogP contribution in [0.1, 0.15) is 91.6 Å². The highest BCUT2D eigenvalue weighted by atomic mass is 14.1. The summed E-state index contributed by atoms with van der Waals surface area (Å²) in [6.45, 7) is 19.9. The molecule has 0 unspecified atom stereocenters. The number of hydrogen-bond acceptors (Lipinski definition) is 0. The summed E-state index contributed by atoms with van der Waals surface area (Å²) in [5.41, 5.74) is 13.0. The fourth-order valence-electron chi connectivity index (χ4n) is 6.74. The zero-order valence-corrected chi connectivity index (χ0v) is 29.4. The molecule has 0 atom stereocenters. The summed E-state index contributed by atoms with van der Waals surface area (Å²) in [6.07, 6.45) is 6.71. The van der Waals surface area contributed by atoms with E-state index < -0.39 is 0 Å². The minimum atomic E-state index is 1.11. The Kier molecular flexibility index (Phi) is 12.0. The Hall–Kier alpha value is -3.90. The topological polar surface area (TPSA) is 0 Å². The highest BCUT2D eigenvalue weighted by Gasteiger charge is 2.07. The summed E-state index contributed by atoms with van der Waals surface area (Å²) in [5, 5.41) is 8.50. The molecule has 0 N–H and O–H groups in total. The van der Waals surface area contributed by atoms with Gasteiger partial charge in [0.25, 0.3) is 0 Å². The van der Waals surface area contributed by atoms with Crippen LogP contribution in [0.2, 0.25) is 0 Å². The van der Waals surface area contributed by atoms with Gasteiger partial charge >= 0.3 is 0 Å². The molecule has 0 radical (unpaired) electrons. The Morgan fingerprint density at radius 2 is 1.00 bits per heavy atom. The lowest BCUT2D eigenvalue weighted by molar-refractivity contribution is 1.10. The fraction of sp³-hybridized carbons (Fsp3) is 0.333. The van der Waals surface area contributed by atoms with Crippen LogP contribution in [-0.4, -0.2) is 0 Å². The second-order valence-electron chi connectivity index (χ2n) is 12.4. The van der Waals surface area contributed by atoms with Gasteiger partial charge in [-0.25, -0.2) is 0 Å². The molecule has 0 amide bonds. The normalized spacial score (nSPS) is 10.9. The van der Waals surface area contributed by atoms with Gasteiger partial charge in [-0.05, 0) is 136 Å². The lowest BCUT2D eigenvalue weighted by Crippen LogP contribution is -1.93. The van der Waals surface area contributed by atoms with Gasteiger partial charge in [-0.1, -0.05) is 138 Å². The van der Waals surface area contributed by atoms with Gasteiger partial charge in [-0.3, -0.25) is 0 Å². The lowest BCUT2D eigenvalue weighted by atomic mass is 9.93. The molecule has 6 aromatic rings. The Morgan fingerprint density at radius 3 is 1.62 bits per heavy atom. The maximum atomic E-state index is 2.35. The summed E-state index contributed by atoms with van der Waals surface area (Å²) in [7, 11) is 0. The SMILES string of the molecule is CCc1cc(C)c(CC)c2ccccc12.CCc1ccc(CC)c2cc(C)ccc12.CCc1ccc2cc(C)c(CC)cc2c1. The van der Waals surface area contributed by atoms with Gasteiger partial charge in [0.05, 0.1) is 0 Å². The maximum absolute atomic E-state index is 2.35. The predicted molar refractivity (Wildman–Crippen MR) is 202 cm³/mol. The van der Waals surface area contributed by atoms with Crippen LogP contribution >= 0.6 is 0 Å². The largest absolute Gasteiger partial charge is 0.0616 e. The molecular formula is C45H54. The molecule has 234 valence electrons. The van der Waals surface area contributed by atoms with E-state index in [1.807, 2.05) is 0 Å². The van der Waals surface area contributed by atoms with Crippen LogP contribution in [0.25, 0.3) is 32.3 Å². The monoisotopic (exact) mass is 594 g/mol. The molecule has 0 saturated heterocycles. The van der Waals surface area contributed by atoms with Crippen molar-refractivity contribution >= 4 is 32.3 Å². The summed E-state index contributed by atoms with van der Waals surface area (Å²) >= 11 is 0. The molecule has 0 heteroatoms. The molecule has 45 heavy (non-hydrogen) atoms. The third-order valence-corrected chi connectivity index (χ3v) is 9.46. The van der Waals surface area contributed by atoms with Crippen molar-refractivity contribution < 1.29 is 0 Å². The Bertz CT molecular complexity index is 1880. The number of hydrogen-bond donors (Lipinski definition) is 0. The molecule has 0 aliphatic carbocycles. The van der Waals surface area contributed by atoms with Crippen LogP contribution in [0.15, 0.2) is 91.0 Å². The van der Waals surface area contributed by atoms with E-state index in [0.717, 1.165) is 38.5 Å². The van der Waals surface area contributed by atoms with Crippen LogP contribution in [0.5, 0.6) is 0 Å². The smallest absolute Gasteiger partial charge is 0.0147 e. The Labute approximate surface area is 273 Å². The second kappa shape index (κ2) is 15.9. The number of benzene rings is 6. The fourth-order valence-corrected chi connectivity index (χ4v) is 6.74. The van der Waals surface area contributed by atoms with Crippen molar-refractivity contribution in [1.29, 1.82) is 0 Å². The van der Waals surface area contributed by atoms with Gasteiger partial charge in [0.15, 0.2) is 0 Å². The molecule has 0 bridgehead atoms. The number of fused-ring (bicyclic) bond motifs is 3. The molecule has 6 aromatic carbocycles. The molecule has 0 aromatic heterocycles. The maximum Gasteiger partial charge on any atom is -0.0147 e. The summed E-state index contributed by atoms with van der Waals surface area (Å²) in [4.78, 5) is 0. The van der Waals surface area contributed by atoms with Crippen molar-refractivity contribution in [2.45, 2.75) is 101 Å². The van der Waals surface area contributed by atoms with Gasteiger partial charge in [0, 0.05) is 0 Å². The van der Waals surface area contributed by atoms with Gasteiger partial charge < -0.3 is 0 Å². The summed E-state index contributed by atoms with van der Waals surface area (Å²) < 4.78 is 0. The first kappa shape index (κ1) is 34.0. The first-order chi connectivity index (χ1) is 21.8. The van der Waals surface area contributed by atoms with Crippen molar-refractivity contribution in [3.05, 3.63) is 141 Å². The van der Waals surface area contributed by atoms with Gasteiger partial charge in [-0.2, -0.15) is 0 Å². The van der Waals surface area contributed by atoms with E-state index in [2.05, 4.69) is 153 Å². The van der Waals surface area contributed by atoms with Crippen molar-refractivity contribution in [2.75, 3.05) is 0 Å². The molecule has 0 spiro atoms. The van der Waals surface area contributed by atoms with Crippen LogP contribution in [0.4, 0.5) is 0 Å².